The van der Waals surface area contributed by atoms with E-state index in [0.29, 0.717) is 31.0 Å². The van der Waals surface area contributed by atoms with Crippen LogP contribution in [-0.2, 0) is 26.8 Å². The number of aromatic nitrogens is 2. The van der Waals surface area contributed by atoms with Gasteiger partial charge in [0.1, 0.15) is 17.5 Å². The van der Waals surface area contributed by atoms with Crippen molar-refractivity contribution in [2.75, 3.05) is 31.6 Å². The summed E-state index contributed by atoms with van der Waals surface area (Å²) in [5.74, 6) is -3.71. The number of nitrogens with zero attached hydrogens (tertiary/aromatic N) is 2. The molecule has 1 aromatic heterocycles. The highest BCUT2D eigenvalue weighted by Crippen LogP contribution is 2.60. The highest BCUT2D eigenvalue weighted by atomic mass is 19.3. The van der Waals surface area contributed by atoms with Crippen molar-refractivity contribution < 1.29 is 27.9 Å². The van der Waals surface area contributed by atoms with Gasteiger partial charge in [-0.15, -0.1) is 0 Å². The second-order valence-electron chi connectivity index (χ2n) is 15.4. The number of ether oxygens (including phenoxy) is 1. The molecule has 1 saturated heterocycles. The summed E-state index contributed by atoms with van der Waals surface area (Å²) in [5.41, 5.74) is -0.523. The predicted molar refractivity (Wildman–Crippen MR) is 174 cm³/mol. The van der Waals surface area contributed by atoms with Crippen molar-refractivity contribution >= 4 is 23.8 Å². The summed E-state index contributed by atoms with van der Waals surface area (Å²) in [7, 11) is 1.66. The number of nitrogens with one attached hydrogen (secondary N) is 3. The number of hydrogen-bond acceptors (Lipinski definition) is 6. The number of amides is 2. The molecule has 3 atom stereocenters. The van der Waals surface area contributed by atoms with Gasteiger partial charge in [0.05, 0.1) is 12.0 Å². The fourth-order valence-corrected chi connectivity index (χ4v) is 8.46. The Kier molecular flexibility index (Phi) is 9.00. The lowest BCUT2D eigenvalue weighted by atomic mass is 9.63. The number of aldehydes is 1. The number of benzene rings is 1. The van der Waals surface area contributed by atoms with Gasteiger partial charge < -0.3 is 25.5 Å². The molecule has 4 aliphatic rings. The summed E-state index contributed by atoms with van der Waals surface area (Å²) >= 11 is 0. The van der Waals surface area contributed by atoms with E-state index in [1.807, 2.05) is 24.3 Å². The van der Waals surface area contributed by atoms with Crippen LogP contribution in [0.3, 0.4) is 0 Å². The molecule has 3 N–H and O–H groups in total. The molecule has 3 aliphatic carbocycles. The molecular weight excluding hydrogens is 604 g/mol. The number of rotatable bonds is 13. The van der Waals surface area contributed by atoms with Gasteiger partial charge in [0.15, 0.2) is 0 Å². The largest absolute Gasteiger partial charge is 0.382 e. The number of hydrogen-bond donors (Lipinski definition) is 3. The highest BCUT2D eigenvalue weighted by Gasteiger charge is 2.59. The lowest BCUT2D eigenvalue weighted by molar-refractivity contribution is -0.127. The van der Waals surface area contributed by atoms with Gasteiger partial charge in [-0.2, -0.15) is 5.10 Å². The van der Waals surface area contributed by atoms with Crippen molar-refractivity contribution in [3.8, 4) is 0 Å². The second kappa shape index (κ2) is 12.6. The molecule has 1 aromatic carbocycles. The molecule has 0 bridgehead atoms. The van der Waals surface area contributed by atoms with Crippen LogP contribution in [-0.4, -0.2) is 65.6 Å². The Morgan fingerprint density at radius 1 is 1.11 bits per heavy atom. The van der Waals surface area contributed by atoms with Gasteiger partial charge in [-0.25, -0.2) is 8.78 Å². The van der Waals surface area contributed by atoms with E-state index in [2.05, 4.69) is 34.9 Å². The summed E-state index contributed by atoms with van der Waals surface area (Å²) < 4.78 is 35.9. The molecule has 2 amide bonds. The average Bonchev–Trinajstić information content (AvgIpc) is 3.39. The fourth-order valence-electron chi connectivity index (χ4n) is 8.46. The number of carbonyl (C=O) groups is 3. The Balaban J connectivity index is 1.29. The summed E-state index contributed by atoms with van der Waals surface area (Å²) in [6.07, 6.45) is 8.14. The average molecular weight is 654 g/mol. The molecule has 2 heterocycles. The van der Waals surface area contributed by atoms with Crippen LogP contribution in [0.25, 0.3) is 0 Å². The lowest BCUT2D eigenvalue weighted by Crippen LogP contribution is -2.63. The zero-order valence-electron chi connectivity index (χ0n) is 27.9. The summed E-state index contributed by atoms with van der Waals surface area (Å²) in [5, 5.41) is 13.9. The van der Waals surface area contributed by atoms with Crippen LogP contribution in [0, 0.1) is 22.7 Å². The molecule has 256 valence electrons. The second-order valence-corrected chi connectivity index (χ2v) is 15.4. The third-order valence-corrected chi connectivity index (χ3v) is 11.9. The number of halogens is 2. The van der Waals surface area contributed by atoms with E-state index in [4.69, 9.17) is 4.74 Å². The third kappa shape index (κ3) is 6.69. The van der Waals surface area contributed by atoms with Gasteiger partial charge in [-0.05, 0) is 91.4 Å². The van der Waals surface area contributed by atoms with Crippen molar-refractivity contribution in [2.45, 2.75) is 94.9 Å². The Hall–Kier alpha value is -3.34. The first-order valence-electron chi connectivity index (χ1n) is 17.2. The van der Waals surface area contributed by atoms with E-state index < -0.39 is 22.8 Å². The quantitative estimate of drug-likeness (QED) is 0.250. The normalized spacial score (nSPS) is 26.3. The highest BCUT2D eigenvalue weighted by molar-refractivity contribution is 5.95. The van der Waals surface area contributed by atoms with Crippen LogP contribution in [0.1, 0.15) is 94.1 Å². The Morgan fingerprint density at radius 2 is 1.85 bits per heavy atom. The van der Waals surface area contributed by atoms with E-state index in [9.17, 15) is 23.2 Å². The van der Waals surface area contributed by atoms with Crippen LogP contribution in [0.4, 0.5) is 14.5 Å². The van der Waals surface area contributed by atoms with Crippen molar-refractivity contribution in [3.63, 3.8) is 0 Å². The van der Waals surface area contributed by atoms with E-state index >= 15 is 0 Å². The zero-order chi connectivity index (χ0) is 33.5. The predicted octanol–water partition coefficient (Wildman–Crippen LogP) is 5.41. The van der Waals surface area contributed by atoms with Crippen molar-refractivity contribution in [1.82, 2.24) is 20.4 Å². The van der Waals surface area contributed by atoms with Crippen molar-refractivity contribution in [1.29, 1.82) is 0 Å². The summed E-state index contributed by atoms with van der Waals surface area (Å²) in [6, 6.07) is 9.24. The molecule has 3 unspecified atom stereocenters. The first-order valence-corrected chi connectivity index (χ1v) is 17.2. The minimum atomic E-state index is -2.71. The molecule has 11 heteroatoms. The minimum Gasteiger partial charge on any atom is -0.382 e. The van der Waals surface area contributed by atoms with Gasteiger partial charge in [-0.1, -0.05) is 32.4 Å². The van der Waals surface area contributed by atoms with E-state index in [-0.39, 0.29) is 67.4 Å². The van der Waals surface area contributed by atoms with Crippen LogP contribution in [0.5, 0.6) is 0 Å². The molecular formula is C36H49F2N5O4. The van der Waals surface area contributed by atoms with E-state index in [1.165, 1.54) is 17.3 Å². The lowest BCUT2D eigenvalue weighted by Gasteiger charge is -2.47. The fraction of sp³-hybridized carbons (Fsp3) is 0.667. The van der Waals surface area contributed by atoms with Gasteiger partial charge in [0, 0.05) is 51.5 Å². The smallest absolute Gasteiger partial charge is 0.270 e. The molecule has 2 aromatic rings. The maximum Gasteiger partial charge on any atom is 0.270 e. The molecule has 47 heavy (non-hydrogen) atoms. The van der Waals surface area contributed by atoms with Crippen LogP contribution >= 0.6 is 0 Å². The SMILES string of the molecule is Cn1nccc1C(=O)NC(C=O)(CNc1cccc(C2(C(=O)NCC3(C)CCC3)CCOC2)c1)C(C1CCC(F)(F)CC1)C1(C)CC1. The van der Waals surface area contributed by atoms with Gasteiger partial charge >= 0.3 is 0 Å². The van der Waals surface area contributed by atoms with Crippen LogP contribution in [0.15, 0.2) is 36.5 Å². The summed E-state index contributed by atoms with van der Waals surface area (Å²) in [4.78, 5) is 40.9. The number of anilines is 1. The van der Waals surface area contributed by atoms with E-state index in [0.717, 1.165) is 37.5 Å². The van der Waals surface area contributed by atoms with Crippen LogP contribution < -0.4 is 16.0 Å². The molecule has 9 nitrogen and oxygen atoms in total. The minimum absolute atomic E-state index is 0.0400. The van der Waals surface area contributed by atoms with Gasteiger partial charge in [0.25, 0.3) is 5.91 Å². The molecule has 0 radical (unpaired) electrons. The monoisotopic (exact) mass is 653 g/mol. The Morgan fingerprint density at radius 3 is 2.43 bits per heavy atom. The summed E-state index contributed by atoms with van der Waals surface area (Å²) in [6.45, 7) is 5.77. The Bertz CT molecular complexity index is 1470. The maximum atomic E-state index is 14.3. The topological polar surface area (TPSA) is 114 Å². The Labute approximate surface area is 276 Å². The van der Waals surface area contributed by atoms with Crippen molar-refractivity contribution in [2.24, 2.45) is 29.7 Å². The zero-order valence-corrected chi connectivity index (χ0v) is 27.9. The van der Waals surface area contributed by atoms with Gasteiger partial charge in [-0.3, -0.25) is 14.3 Å². The van der Waals surface area contributed by atoms with Crippen molar-refractivity contribution in [3.05, 3.63) is 47.8 Å². The maximum absolute atomic E-state index is 14.3. The van der Waals surface area contributed by atoms with Gasteiger partial charge in [0.2, 0.25) is 11.8 Å². The molecule has 0 spiro atoms. The number of aryl methyl sites for hydroxylation is 1. The molecule has 6 rings (SSSR count). The molecule has 4 fully saturated rings. The first-order chi connectivity index (χ1) is 22.3. The van der Waals surface area contributed by atoms with Crippen LogP contribution in [0.2, 0.25) is 0 Å². The number of carbonyl (C=O) groups excluding carboxylic acids is 3. The standard InChI is InChI=1S/C36H49F2N5O4/c1-32(11-5-12-32)21-40-31(46)34(17-19-47-24-34)26-6-4-7-27(20-26)39-22-35(23-44,42-30(45)28-10-18-41-43(28)3)29(33(2)15-16-33)25-8-13-36(37,38)14-9-25/h4,6-7,10,18,20,23,25,29,39H,5,8-9,11-17,19,21-22,24H2,1-3H3,(H,40,46)(H,42,45). The molecule has 1 aliphatic heterocycles. The molecule has 3 saturated carbocycles. The number of alkyl halides is 2. The third-order valence-electron chi connectivity index (χ3n) is 11.9. The van der Waals surface area contributed by atoms with E-state index in [1.54, 1.807) is 13.1 Å². The first kappa shape index (κ1) is 33.6.